The Labute approximate surface area is 123 Å². The van der Waals surface area contributed by atoms with E-state index in [1.165, 1.54) is 7.11 Å². The minimum absolute atomic E-state index is 0.273. The van der Waals surface area contributed by atoms with E-state index in [1.807, 2.05) is 25.1 Å². The molecule has 0 aliphatic carbocycles. The maximum absolute atomic E-state index is 11.8. The Morgan fingerprint density at radius 1 is 1.40 bits per heavy atom. The molecule has 1 heterocycles. The van der Waals surface area contributed by atoms with Crippen LogP contribution in [0.5, 0.6) is 11.5 Å². The highest BCUT2D eigenvalue weighted by Gasteiger charge is 2.32. The topological polar surface area (TPSA) is 56.8 Å². The third kappa shape index (κ3) is 3.19. The van der Waals surface area contributed by atoms with Crippen LogP contribution in [0.25, 0.3) is 0 Å². The van der Waals surface area contributed by atoms with Crippen molar-refractivity contribution in [3.05, 3.63) is 18.2 Å². The molecule has 0 amide bonds. The van der Waals surface area contributed by atoms with Crippen LogP contribution in [-0.2, 0) is 9.53 Å². The lowest BCUT2D eigenvalue weighted by atomic mass is 10.1. The van der Waals surface area contributed by atoms with Crippen LogP contribution >= 0.6 is 11.8 Å². The highest BCUT2D eigenvalue weighted by atomic mass is 32.2. The number of fused-ring (bicyclic) bond motifs is 1. The van der Waals surface area contributed by atoms with Gasteiger partial charge in [-0.2, -0.15) is 0 Å². The van der Waals surface area contributed by atoms with Gasteiger partial charge in [0.05, 0.1) is 7.11 Å². The summed E-state index contributed by atoms with van der Waals surface area (Å²) in [5.41, 5.74) is -0.716. The second-order valence-corrected chi connectivity index (χ2v) is 5.72. The normalized spacial score (nSPS) is 16.4. The highest BCUT2D eigenvalue weighted by molar-refractivity contribution is 7.99. The Balaban J connectivity index is 2.05. The first-order valence-corrected chi connectivity index (χ1v) is 7.37. The number of hydrogen-bond donors (Lipinski definition) is 1. The van der Waals surface area contributed by atoms with Gasteiger partial charge in [0.15, 0.2) is 11.5 Å². The number of benzene rings is 1. The second kappa shape index (κ2) is 6.37. The van der Waals surface area contributed by atoms with Crippen LogP contribution in [0, 0.1) is 0 Å². The fourth-order valence-electron chi connectivity index (χ4n) is 1.80. The van der Waals surface area contributed by atoms with Gasteiger partial charge in [-0.15, -0.1) is 11.8 Å². The predicted molar refractivity (Wildman–Crippen MR) is 77.6 cm³/mol. The van der Waals surface area contributed by atoms with Gasteiger partial charge in [0.1, 0.15) is 18.8 Å². The molecule has 0 saturated heterocycles. The summed E-state index contributed by atoms with van der Waals surface area (Å²) in [5.74, 6) is 1.82. The monoisotopic (exact) mass is 297 g/mol. The summed E-state index contributed by atoms with van der Waals surface area (Å²) in [7, 11) is 3.15. The zero-order valence-corrected chi connectivity index (χ0v) is 12.7. The highest BCUT2D eigenvalue weighted by Crippen LogP contribution is 2.35. The van der Waals surface area contributed by atoms with Crippen molar-refractivity contribution < 1.29 is 19.0 Å². The number of likely N-dealkylation sites (N-methyl/N-ethyl adjacent to an activating group) is 1. The first-order chi connectivity index (χ1) is 9.59. The molecular formula is C14H19NO4S. The lowest BCUT2D eigenvalue weighted by Gasteiger charge is -2.26. The van der Waals surface area contributed by atoms with Crippen LogP contribution in [0.15, 0.2) is 23.1 Å². The van der Waals surface area contributed by atoms with Gasteiger partial charge in [0, 0.05) is 10.6 Å². The van der Waals surface area contributed by atoms with Crippen molar-refractivity contribution in [2.24, 2.45) is 0 Å². The first-order valence-electron chi connectivity index (χ1n) is 6.39. The molecule has 0 radical (unpaired) electrons. The molecule has 2 rings (SSSR count). The van der Waals surface area contributed by atoms with Crippen molar-refractivity contribution in [2.75, 3.05) is 33.1 Å². The lowest BCUT2D eigenvalue weighted by molar-refractivity contribution is -0.146. The van der Waals surface area contributed by atoms with E-state index in [1.54, 1.807) is 18.8 Å². The van der Waals surface area contributed by atoms with Crippen molar-refractivity contribution >= 4 is 17.7 Å². The number of hydrogen-bond acceptors (Lipinski definition) is 6. The van der Waals surface area contributed by atoms with E-state index >= 15 is 0 Å². The smallest absolute Gasteiger partial charge is 0.326 e. The van der Waals surface area contributed by atoms with Gasteiger partial charge in [-0.05, 0) is 32.2 Å². The minimum Gasteiger partial charge on any atom is -0.486 e. The molecule has 0 saturated carbocycles. The zero-order chi connectivity index (χ0) is 14.6. The van der Waals surface area contributed by atoms with E-state index in [-0.39, 0.29) is 5.97 Å². The molecule has 0 fully saturated rings. The molecular weight excluding hydrogens is 278 g/mol. The van der Waals surface area contributed by atoms with E-state index < -0.39 is 5.54 Å². The first kappa shape index (κ1) is 15.0. The van der Waals surface area contributed by atoms with Crippen molar-refractivity contribution in [1.29, 1.82) is 0 Å². The second-order valence-electron chi connectivity index (χ2n) is 4.67. The van der Waals surface area contributed by atoms with E-state index in [9.17, 15) is 4.79 Å². The van der Waals surface area contributed by atoms with Gasteiger partial charge in [0.25, 0.3) is 0 Å². The van der Waals surface area contributed by atoms with Crippen LogP contribution in [0.3, 0.4) is 0 Å². The Morgan fingerprint density at radius 2 is 2.10 bits per heavy atom. The van der Waals surface area contributed by atoms with Gasteiger partial charge in [-0.1, -0.05) is 0 Å². The standard InChI is InChI=1S/C14H19NO4S/c1-14(15-2,13(16)17-3)9-20-10-4-5-11-12(8-10)19-7-6-18-11/h4-5,8,15H,6-7,9H2,1-3H3. The Hall–Kier alpha value is -1.40. The number of nitrogens with one attached hydrogen (secondary N) is 1. The number of thioether (sulfide) groups is 1. The van der Waals surface area contributed by atoms with Crippen molar-refractivity contribution in [3.8, 4) is 11.5 Å². The molecule has 1 aliphatic heterocycles. The maximum atomic E-state index is 11.8. The predicted octanol–water partition coefficient (Wildman–Crippen LogP) is 1.70. The minimum atomic E-state index is -0.716. The summed E-state index contributed by atoms with van der Waals surface area (Å²) < 4.78 is 15.9. The van der Waals surface area contributed by atoms with Gasteiger partial charge >= 0.3 is 5.97 Å². The average Bonchev–Trinajstić information content (AvgIpc) is 2.51. The molecule has 0 spiro atoms. The van der Waals surface area contributed by atoms with Crippen LogP contribution in [-0.4, -0.2) is 44.6 Å². The molecule has 0 bridgehead atoms. The van der Waals surface area contributed by atoms with Crippen molar-refractivity contribution in [1.82, 2.24) is 5.32 Å². The number of carbonyl (C=O) groups is 1. The molecule has 1 atom stereocenters. The maximum Gasteiger partial charge on any atom is 0.326 e. The quantitative estimate of drug-likeness (QED) is 0.659. The van der Waals surface area contributed by atoms with Gasteiger partial charge < -0.3 is 19.5 Å². The fraction of sp³-hybridized carbons (Fsp3) is 0.500. The number of ether oxygens (including phenoxy) is 3. The summed E-state index contributed by atoms with van der Waals surface area (Å²) >= 11 is 1.57. The van der Waals surface area contributed by atoms with Crippen molar-refractivity contribution in [2.45, 2.75) is 17.4 Å². The molecule has 1 unspecified atom stereocenters. The number of esters is 1. The Bertz CT molecular complexity index is 494. The zero-order valence-electron chi connectivity index (χ0n) is 11.9. The van der Waals surface area contributed by atoms with Crippen LogP contribution in [0.1, 0.15) is 6.92 Å². The molecule has 6 heteroatoms. The Kier molecular flexibility index (Phi) is 4.77. The molecule has 1 aromatic carbocycles. The lowest BCUT2D eigenvalue weighted by Crippen LogP contribution is -2.50. The number of carbonyl (C=O) groups excluding carboxylic acids is 1. The third-order valence-corrected chi connectivity index (χ3v) is 4.54. The molecule has 5 nitrogen and oxygen atoms in total. The van der Waals surface area contributed by atoms with Crippen LogP contribution in [0.2, 0.25) is 0 Å². The van der Waals surface area contributed by atoms with E-state index in [4.69, 9.17) is 14.2 Å². The Morgan fingerprint density at radius 3 is 2.75 bits per heavy atom. The largest absolute Gasteiger partial charge is 0.486 e. The van der Waals surface area contributed by atoms with Gasteiger partial charge in [-0.3, -0.25) is 4.79 Å². The summed E-state index contributed by atoms with van der Waals surface area (Å²) in [6.45, 7) is 2.97. The van der Waals surface area contributed by atoms with E-state index in [2.05, 4.69) is 5.32 Å². The average molecular weight is 297 g/mol. The molecule has 1 N–H and O–H groups in total. The molecule has 20 heavy (non-hydrogen) atoms. The molecule has 1 aliphatic rings. The SMILES string of the molecule is CNC(C)(CSc1ccc2c(c1)OCCO2)C(=O)OC. The van der Waals surface area contributed by atoms with Crippen LogP contribution in [0.4, 0.5) is 0 Å². The van der Waals surface area contributed by atoms with Crippen molar-refractivity contribution in [3.63, 3.8) is 0 Å². The van der Waals surface area contributed by atoms with E-state index in [0.717, 1.165) is 16.4 Å². The van der Waals surface area contributed by atoms with Crippen LogP contribution < -0.4 is 14.8 Å². The summed E-state index contributed by atoms with van der Waals surface area (Å²) in [5, 5.41) is 3.01. The van der Waals surface area contributed by atoms with E-state index in [0.29, 0.717) is 19.0 Å². The summed E-state index contributed by atoms with van der Waals surface area (Å²) in [6.07, 6.45) is 0. The summed E-state index contributed by atoms with van der Waals surface area (Å²) in [4.78, 5) is 12.8. The summed E-state index contributed by atoms with van der Waals surface area (Å²) in [6, 6.07) is 5.80. The van der Waals surface area contributed by atoms with Gasteiger partial charge in [-0.25, -0.2) is 0 Å². The molecule has 110 valence electrons. The fourth-order valence-corrected chi connectivity index (χ4v) is 2.87. The van der Waals surface area contributed by atoms with Gasteiger partial charge in [0.2, 0.25) is 0 Å². The molecule has 1 aromatic rings. The third-order valence-electron chi connectivity index (χ3n) is 3.23. The molecule has 0 aromatic heterocycles. The number of methoxy groups -OCH3 is 1. The number of rotatable bonds is 5.